The van der Waals surface area contributed by atoms with Crippen LogP contribution < -0.4 is 21.5 Å². The zero-order chi connectivity index (χ0) is 19.6. The largest absolute Gasteiger partial charge is 0.504 e. The third-order valence-electron chi connectivity index (χ3n) is 3.52. The van der Waals surface area contributed by atoms with E-state index in [-0.39, 0.29) is 35.2 Å². The number of anilines is 3. The Hall–Kier alpha value is -2.18. The van der Waals surface area contributed by atoms with Crippen molar-refractivity contribution < 1.29 is 23.5 Å². The van der Waals surface area contributed by atoms with E-state index in [4.69, 9.17) is 16.7 Å². The van der Waals surface area contributed by atoms with E-state index < -0.39 is 31.5 Å². The lowest BCUT2D eigenvalue weighted by atomic mass is 10.1. The Labute approximate surface area is 153 Å². The maximum Gasteiger partial charge on any atom is 0.269 e. The number of aromatic hydroxyl groups is 1. The molecule has 0 fully saturated rings. The van der Waals surface area contributed by atoms with Crippen LogP contribution in [0.3, 0.4) is 0 Å². The average Bonchev–Trinajstić information content (AvgIpc) is 2.61. The van der Waals surface area contributed by atoms with Gasteiger partial charge in [0.05, 0.1) is 24.4 Å². The predicted molar refractivity (Wildman–Crippen MR) is 95.3 cm³/mol. The second-order valence-electron chi connectivity index (χ2n) is 5.05. The third kappa shape index (κ3) is 3.39. The SMILES string of the molecule is CON(C)S(=O)(=O)c1c(Cl)ccc(Nc2c(NCCO)c(=O)c2=O)c1O. The zero-order valence-corrected chi connectivity index (χ0v) is 15.3. The molecule has 10 nitrogen and oxygen atoms in total. The quantitative estimate of drug-likeness (QED) is 0.270. The average molecular weight is 406 g/mol. The topological polar surface area (TPSA) is 145 Å². The number of halogens is 1. The van der Waals surface area contributed by atoms with Crippen molar-refractivity contribution in [3.63, 3.8) is 0 Å². The lowest BCUT2D eigenvalue weighted by molar-refractivity contribution is -0.0259. The standard InChI is InChI=1S/C14H16ClN3O7S/c1-18(25-2)26(23,24)14-7(15)3-4-8(11(14)20)17-10-9(16-5-6-19)12(21)13(10)22/h3-4,16-17,19-20H,5-6H2,1-2H3. The van der Waals surface area contributed by atoms with E-state index in [0.29, 0.717) is 4.47 Å². The highest BCUT2D eigenvalue weighted by molar-refractivity contribution is 7.89. The number of aliphatic hydroxyl groups excluding tert-OH is 1. The Bertz CT molecular complexity index is 999. The van der Waals surface area contributed by atoms with Gasteiger partial charge < -0.3 is 20.8 Å². The number of rotatable bonds is 8. The highest BCUT2D eigenvalue weighted by atomic mass is 35.5. The molecule has 0 aromatic heterocycles. The van der Waals surface area contributed by atoms with Crippen LogP contribution >= 0.6 is 11.6 Å². The molecule has 4 N–H and O–H groups in total. The normalized spacial score (nSPS) is 11.9. The van der Waals surface area contributed by atoms with Gasteiger partial charge in [0.2, 0.25) is 0 Å². The van der Waals surface area contributed by atoms with Crippen LogP contribution in [0.5, 0.6) is 5.75 Å². The van der Waals surface area contributed by atoms with E-state index in [2.05, 4.69) is 15.5 Å². The minimum atomic E-state index is -4.28. The molecule has 0 radical (unpaired) electrons. The van der Waals surface area contributed by atoms with Crippen molar-refractivity contribution in [2.24, 2.45) is 0 Å². The number of sulfonamides is 1. The summed E-state index contributed by atoms with van der Waals surface area (Å²) in [6.45, 7) is -0.236. The first-order valence-corrected chi connectivity index (χ1v) is 8.98. The monoisotopic (exact) mass is 405 g/mol. The molecule has 0 saturated heterocycles. The van der Waals surface area contributed by atoms with Crippen LogP contribution in [-0.4, -0.2) is 50.4 Å². The number of phenolic OH excluding ortho intramolecular Hbond substituents is 1. The van der Waals surface area contributed by atoms with Gasteiger partial charge in [0.1, 0.15) is 16.3 Å². The van der Waals surface area contributed by atoms with Gasteiger partial charge in [-0.15, -0.1) is 0 Å². The van der Waals surface area contributed by atoms with Crippen LogP contribution in [-0.2, 0) is 14.9 Å². The number of nitrogens with zero attached hydrogens (tertiary/aromatic N) is 1. The summed E-state index contributed by atoms with van der Waals surface area (Å²) in [6.07, 6.45) is 0. The third-order valence-corrected chi connectivity index (χ3v) is 5.70. The number of nitrogens with one attached hydrogen (secondary N) is 2. The fraction of sp³-hybridized carbons (Fsp3) is 0.286. The molecule has 2 aromatic carbocycles. The van der Waals surface area contributed by atoms with Crippen molar-refractivity contribution in [2.75, 3.05) is 37.9 Å². The second-order valence-corrected chi connectivity index (χ2v) is 7.33. The smallest absolute Gasteiger partial charge is 0.269 e. The summed E-state index contributed by atoms with van der Waals surface area (Å²) in [5, 5.41) is 24.0. The summed E-state index contributed by atoms with van der Waals surface area (Å²) < 4.78 is 25.3. The molecule has 0 heterocycles. The maximum absolute atomic E-state index is 12.4. The summed E-state index contributed by atoms with van der Waals surface area (Å²) >= 11 is 5.90. The lowest BCUT2D eigenvalue weighted by Gasteiger charge is -2.19. The molecule has 12 heteroatoms. The van der Waals surface area contributed by atoms with Gasteiger partial charge in [0, 0.05) is 13.6 Å². The zero-order valence-electron chi connectivity index (χ0n) is 13.7. The Morgan fingerprint density at radius 2 is 1.85 bits per heavy atom. The van der Waals surface area contributed by atoms with Crippen molar-refractivity contribution in [3.8, 4) is 5.75 Å². The summed E-state index contributed by atoms with van der Waals surface area (Å²) in [6, 6.07) is 2.45. The molecule has 0 amide bonds. The Balaban J connectivity index is 2.49. The fourth-order valence-electron chi connectivity index (χ4n) is 2.11. The van der Waals surface area contributed by atoms with E-state index in [0.717, 1.165) is 14.2 Å². The van der Waals surface area contributed by atoms with Crippen LogP contribution in [0, 0.1) is 0 Å². The van der Waals surface area contributed by atoms with Gasteiger partial charge in [-0.3, -0.25) is 14.4 Å². The van der Waals surface area contributed by atoms with Gasteiger partial charge >= 0.3 is 0 Å². The van der Waals surface area contributed by atoms with Crippen molar-refractivity contribution in [3.05, 3.63) is 37.6 Å². The van der Waals surface area contributed by atoms with Gasteiger partial charge in [-0.2, -0.15) is 0 Å². The van der Waals surface area contributed by atoms with Crippen LogP contribution in [0.4, 0.5) is 17.1 Å². The molecule has 2 aromatic rings. The molecular formula is C14H16ClN3O7S. The molecule has 0 aliphatic heterocycles. The summed E-state index contributed by atoms with van der Waals surface area (Å²) in [5.41, 5.74) is -2.03. The van der Waals surface area contributed by atoms with E-state index in [1.54, 1.807) is 0 Å². The molecule has 0 bridgehead atoms. The number of aliphatic hydroxyl groups is 1. The van der Waals surface area contributed by atoms with Gasteiger partial charge in [-0.05, 0) is 12.1 Å². The minimum Gasteiger partial charge on any atom is -0.504 e. The molecule has 142 valence electrons. The summed E-state index contributed by atoms with van der Waals surface area (Å²) in [5.74, 6) is -0.748. The number of benzene rings is 1. The molecule has 0 spiro atoms. The van der Waals surface area contributed by atoms with Crippen LogP contribution in [0.1, 0.15) is 0 Å². The van der Waals surface area contributed by atoms with Gasteiger partial charge in [-0.1, -0.05) is 16.1 Å². The molecule has 26 heavy (non-hydrogen) atoms. The number of phenols is 1. The summed E-state index contributed by atoms with van der Waals surface area (Å²) in [7, 11) is -2.05. The van der Waals surface area contributed by atoms with E-state index in [9.17, 15) is 23.1 Å². The first-order valence-electron chi connectivity index (χ1n) is 7.16. The van der Waals surface area contributed by atoms with E-state index >= 15 is 0 Å². The molecule has 2 rings (SSSR count). The van der Waals surface area contributed by atoms with Crippen molar-refractivity contribution >= 4 is 38.7 Å². The van der Waals surface area contributed by atoms with E-state index in [1.165, 1.54) is 12.1 Å². The molecule has 0 saturated carbocycles. The number of hydrogen-bond donors (Lipinski definition) is 4. The molecule has 0 aliphatic rings. The van der Waals surface area contributed by atoms with Crippen LogP contribution in [0.25, 0.3) is 0 Å². The molecule has 0 aliphatic carbocycles. The predicted octanol–water partition coefficient (Wildman–Crippen LogP) is -0.0287. The molecular weight excluding hydrogens is 390 g/mol. The Morgan fingerprint density at radius 3 is 2.42 bits per heavy atom. The first-order chi connectivity index (χ1) is 12.2. The van der Waals surface area contributed by atoms with Crippen molar-refractivity contribution in [1.82, 2.24) is 4.47 Å². The van der Waals surface area contributed by atoms with Crippen LogP contribution in [0.2, 0.25) is 5.02 Å². The van der Waals surface area contributed by atoms with Crippen LogP contribution in [0.15, 0.2) is 26.6 Å². The van der Waals surface area contributed by atoms with Crippen molar-refractivity contribution in [2.45, 2.75) is 4.90 Å². The Morgan fingerprint density at radius 1 is 1.23 bits per heavy atom. The minimum absolute atomic E-state index is 0.0321. The second kappa shape index (κ2) is 7.60. The number of hydroxylamine groups is 1. The fourth-order valence-corrected chi connectivity index (χ4v) is 3.68. The van der Waals surface area contributed by atoms with E-state index in [1.807, 2.05) is 0 Å². The van der Waals surface area contributed by atoms with Gasteiger partial charge in [0.25, 0.3) is 20.9 Å². The molecule has 0 atom stereocenters. The number of hydrogen-bond acceptors (Lipinski definition) is 9. The van der Waals surface area contributed by atoms with Crippen molar-refractivity contribution in [1.29, 1.82) is 0 Å². The Kier molecular flexibility index (Phi) is 5.88. The maximum atomic E-state index is 12.4. The van der Waals surface area contributed by atoms with Gasteiger partial charge in [-0.25, -0.2) is 8.42 Å². The highest BCUT2D eigenvalue weighted by Crippen LogP contribution is 2.39. The highest BCUT2D eigenvalue weighted by Gasteiger charge is 2.30. The first kappa shape index (κ1) is 20.1. The molecule has 0 unspecified atom stereocenters. The van der Waals surface area contributed by atoms with Gasteiger partial charge in [0.15, 0.2) is 5.75 Å². The lowest BCUT2D eigenvalue weighted by Crippen LogP contribution is -2.37. The summed E-state index contributed by atoms with van der Waals surface area (Å²) in [4.78, 5) is 27.3.